The third kappa shape index (κ3) is 5.16. The maximum atomic E-state index is 12.4. The molecule has 0 bridgehead atoms. The maximum Gasteiger partial charge on any atom is 0.313 e. The van der Waals surface area contributed by atoms with Crippen molar-refractivity contribution < 1.29 is 9.09 Å². The molecule has 0 N–H and O–H groups in total. The van der Waals surface area contributed by atoms with Crippen LogP contribution in [0.4, 0.5) is 0 Å². The number of rotatable bonds is 6. The molecule has 0 aromatic heterocycles. The molecule has 0 unspecified atom stereocenters. The topological polar surface area (TPSA) is 26.3 Å². The molecule has 90 valence electrons. The molecule has 0 aliphatic heterocycles. The van der Waals surface area contributed by atoms with E-state index >= 15 is 0 Å². The molecule has 5 heteroatoms. The molecule has 0 aromatic rings. The summed E-state index contributed by atoms with van der Waals surface area (Å²) in [5.74, 6) is -0.710. The fourth-order valence-corrected chi connectivity index (χ4v) is 8.96. The van der Waals surface area contributed by atoms with Gasteiger partial charge in [-0.25, -0.2) is 0 Å². The second-order valence-corrected chi connectivity index (χ2v) is 11.6. The van der Waals surface area contributed by atoms with Crippen molar-refractivity contribution in [2.45, 2.75) is 52.1 Å². The molecule has 0 spiro atoms. The number of hydrogen-bond donors (Lipinski definition) is 0. The van der Waals surface area contributed by atoms with E-state index in [0.29, 0.717) is 0 Å². The molecule has 0 aromatic carbocycles. The van der Waals surface area contributed by atoms with E-state index in [-0.39, 0.29) is 6.10 Å². The van der Waals surface area contributed by atoms with Crippen LogP contribution in [0.3, 0.4) is 0 Å². The van der Waals surface area contributed by atoms with E-state index in [4.69, 9.17) is 4.52 Å². The molecule has 1 aliphatic rings. The minimum Gasteiger partial charge on any atom is -0.310 e. The Morgan fingerprint density at radius 3 is 2.13 bits per heavy atom. The van der Waals surface area contributed by atoms with Gasteiger partial charge in [0.05, 0.1) is 6.10 Å². The van der Waals surface area contributed by atoms with E-state index in [2.05, 4.69) is 0 Å². The molecule has 0 amide bonds. The van der Waals surface area contributed by atoms with Crippen molar-refractivity contribution in [1.29, 1.82) is 0 Å². The van der Waals surface area contributed by atoms with Crippen LogP contribution in [0.25, 0.3) is 0 Å². The second kappa shape index (κ2) is 7.26. The molecule has 1 aliphatic carbocycles. The van der Waals surface area contributed by atoms with E-state index < -0.39 is 5.77 Å². The van der Waals surface area contributed by atoms with E-state index in [9.17, 15) is 4.57 Å². The molecule has 1 saturated carbocycles. The minimum atomic E-state index is -2.45. The predicted octanol–water partition coefficient (Wildman–Crippen LogP) is 4.95. The monoisotopic (exact) mass is 268 g/mol. The molecule has 0 heterocycles. The fraction of sp³-hybridized carbons (Fsp3) is 1.00. The molecular formula is C10H21O2PS2. The van der Waals surface area contributed by atoms with E-state index in [1.54, 1.807) is 0 Å². The van der Waals surface area contributed by atoms with Crippen LogP contribution in [-0.4, -0.2) is 17.6 Å². The van der Waals surface area contributed by atoms with E-state index in [1.165, 1.54) is 42.0 Å². The Morgan fingerprint density at radius 2 is 1.67 bits per heavy atom. The first kappa shape index (κ1) is 14.0. The van der Waals surface area contributed by atoms with Crippen molar-refractivity contribution in [3.63, 3.8) is 0 Å². The smallest absolute Gasteiger partial charge is 0.310 e. The maximum absolute atomic E-state index is 12.4. The summed E-state index contributed by atoms with van der Waals surface area (Å²) < 4.78 is 18.2. The first-order chi connectivity index (χ1) is 7.20. The summed E-state index contributed by atoms with van der Waals surface area (Å²) in [7, 11) is 0. The Balaban J connectivity index is 2.45. The van der Waals surface area contributed by atoms with Crippen molar-refractivity contribution in [2.75, 3.05) is 11.5 Å². The summed E-state index contributed by atoms with van der Waals surface area (Å²) >= 11 is 2.99. The summed E-state index contributed by atoms with van der Waals surface area (Å²) in [6.07, 6.45) is 6.22. The van der Waals surface area contributed by atoms with Crippen LogP contribution >= 0.6 is 28.5 Å². The molecule has 1 rings (SSSR count). The molecular weight excluding hydrogens is 247 g/mol. The Morgan fingerprint density at radius 1 is 1.13 bits per heavy atom. The van der Waals surface area contributed by atoms with Gasteiger partial charge in [0.25, 0.3) is 0 Å². The average molecular weight is 268 g/mol. The summed E-state index contributed by atoms with van der Waals surface area (Å²) in [6.45, 7) is 4.08. The molecule has 0 saturated heterocycles. The van der Waals surface area contributed by atoms with Crippen LogP contribution in [0, 0.1) is 0 Å². The lowest BCUT2D eigenvalue weighted by Gasteiger charge is -2.26. The summed E-state index contributed by atoms with van der Waals surface area (Å²) in [4.78, 5) is 0. The summed E-state index contributed by atoms with van der Waals surface area (Å²) in [6, 6.07) is 0. The Kier molecular flexibility index (Phi) is 6.75. The molecule has 15 heavy (non-hydrogen) atoms. The molecule has 1 fully saturated rings. The van der Waals surface area contributed by atoms with Gasteiger partial charge in [-0.2, -0.15) is 0 Å². The predicted molar refractivity (Wildman–Crippen MR) is 71.8 cm³/mol. The van der Waals surface area contributed by atoms with Gasteiger partial charge in [0.2, 0.25) is 0 Å². The van der Waals surface area contributed by atoms with Gasteiger partial charge < -0.3 is 4.52 Å². The van der Waals surface area contributed by atoms with Crippen LogP contribution in [0.2, 0.25) is 0 Å². The normalized spacial score (nSPS) is 19.3. The van der Waals surface area contributed by atoms with Crippen LogP contribution < -0.4 is 0 Å². The molecule has 0 atom stereocenters. The van der Waals surface area contributed by atoms with Gasteiger partial charge in [0.1, 0.15) is 0 Å². The van der Waals surface area contributed by atoms with E-state index in [0.717, 1.165) is 24.3 Å². The van der Waals surface area contributed by atoms with Gasteiger partial charge in [0, 0.05) is 11.5 Å². The highest BCUT2D eigenvalue weighted by Crippen LogP contribution is 2.70. The van der Waals surface area contributed by atoms with Crippen LogP contribution in [-0.2, 0) is 9.09 Å². The lowest BCUT2D eigenvalue weighted by molar-refractivity contribution is 0.168. The average Bonchev–Trinajstić information content (AvgIpc) is 2.19. The van der Waals surface area contributed by atoms with Gasteiger partial charge in [-0.3, -0.25) is 4.57 Å². The van der Waals surface area contributed by atoms with Crippen molar-refractivity contribution >= 4 is 28.5 Å². The first-order valence-electron chi connectivity index (χ1n) is 5.77. The van der Waals surface area contributed by atoms with Crippen molar-refractivity contribution in [2.24, 2.45) is 0 Å². The third-order valence-corrected chi connectivity index (χ3v) is 9.97. The van der Waals surface area contributed by atoms with Gasteiger partial charge in [-0.15, -0.1) is 0 Å². The fourth-order valence-electron chi connectivity index (χ4n) is 1.77. The lowest BCUT2D eigenvalue weighted by Crippen LogP contribution is -2.14. The highest BCUT2D eigenvalue weighted by molar-refractivity contribution is 8.89. The Bertz CT molecular complexity index is 207. The second-order valence-electron chi connectivity index (χ2n) is 3.65. The highest BCUT2D eigenvalue weighted by atomic mass is 33.1. The van der Waals surface area contributed by atoms with Gasteiger partial charge in [-0.1, -0.05) is 55.9 Å². The SMILES string of the molecule is CCSP(=O)(OC1CCCCC1)SCC. The van der Waals surface area contributed by atoms with Gasteiger partial charge >= 0.3 is 5.77 Å². The molecule has 2 nitrogen and oxygen atoms in total. The van der Waals surface area contributed by atoms with Crippen molar-refractivity contribution in [3.05, 3.63) is 0 Å². The molecule has 0 radical (unpaired) electrons. The highest BCUT2D eigenvalue weighted by Gasteiger charge is 2.28. The van der Waals surface area contributed by atoms with Crippen LogP contribution in [0.1, 0.15) is 46.0 Å². The minimum absolute atomic E-state index is 0.252. The van der Waals surface area contributed by atoms with Crippen LogP contribution in [0.5, 0.6) is 0 Å². The quantitative estimate of drug-likeness (QED) is 0.637. The zero-order valence-electron chi connectivity index (χ0n) is 9.61. The number of hydrogen-bond acceptors (Lipinski definition) is 4. The van der Waals surface area contributed by atoms with Crippen molar-refractivity contribution in [3.8, 4) is 0 Å². The largest absolute Gasteiger partial charge is 0.313 e. The third-order valence-electron chi connectivity index (χ3n) is 2.40. The van der Waals surface area contributed by atoms with Crippen LogP contribution in [0.15, 0.2) is 0 Å². The standard InChI is InChI=1S/C10H21O2PS2/c1-3-14-13(11,15-4-2)12-10-8-6-5-7-9-10/h10H,3-9H2,1-2H3. The van der Waals surface area contributed by atoms with E-state index in [1.807, 2.05) is 13.8 Å². The Hall–Kier alpha value is 0.890. The van der Waals surface area contributed by atoms with Crippen molar-refractivity contribution in [1.82, 2.24) is 0 Å². The van der Waals surface area contributed by atoms with Gasteiger partial charge in [-0.05, 0) is 12.8 Å². The summed E-state index contributed by atoms with van der Waals surface area (Å²) in [5.41, 5.74) is 0. The Labute approximate surface area is 101 Å². The zero-order valence-corrected chi connectivity index (χ0v) is 12.1. The van der Waals surface area contributed by atoms with Gasteiger partial charge in [0.15, 0.2) is 0 Å². The zero-order chi connectivity index (χ0) is 11.1. The lowest BCUT2D eigenvalue weighted by atomic mass is 9.98. The summed E-state index contributed by atoms with van der Waals surface area (Å²) in [5, 5.41) is 0. The first-order valence-corrected chi connectivity index (χ1v) is 10.6.